The predicted octanol–water partition coefficient (Wildman–Crippen LogP) is 2.28. The average molecular weight is 263 g/mol. The van der Waals surface area contributed by atoms with Gasteiger partial charge in [0.2, 0.25) is 0 Å². The van der Waals surface area contributed by atoms with Gasteiger partial charge in [0, 0.05) is 5.56 Å². The summed E-state index contributed by atoms with van der Waals surface area (Å²) in [5, 5.41) is 4.20. The highest BCUT2D eigenvalue weighted by Gasteiger charge is 2.25. The van der Waals surface area contributed by atoms with Crippen LogP contribution in [0.1, 0.15) is 11.6 Å². The first-order chi connectivity index (χ1) is 8.79. The smallest absolute Gasteiger partial charge is 0.197 e. The number of nitrogens with zero attached hydrogens (tertiary/aromatic N) is 1. The van der Waals surface area contributed by atoms with Gasteiger partial charge in [0.05, 0.1) is 13.2 Å². The van der Waals surface area contributed by atoms with Crippen LogP contribution in [0, 0.1) is 0 Å². The molecule has 0 spiro atoms. The summed E-state index contributed by atoms with van der Waals surface area (Å²) in [7, 11) is 1.59. The molecule has 3 rings (SSSR count). The first kappa shape index (κ1) is 11.2. The van der Waals surface area contributed by atoms with E-state index in [4.69, 9.17) is 15.2 Å². The SMILES string of the molecule is COc1c(N)nsc1NC1COc2ccccc21. The zero-order valence-corrected chi connectivity index (χ0v) is 10.7. The van der Waals surface area contributed by atoms with Crippen LogP contribution in [-0.2, 0) is 0 Å². The third kappa shape index (κ3) is 1.74. The van der Waals surface area contributed by atoms with Crippen LogP contribution in [0.2, 0.25) is 0 Å². The summed E-state index contributed by atoms with van der Waals surface area (Å²) in [6, 6.07) is 8.09. The molecule has 0 amide bonds. The number of ether oxygens (including phenoxy) is 2. The van der Waals surface area contributed by atoms with Gasteiger partial charge in [-0.1, -0.05) is 18.2 Å². The zero-order chi connectivity index (χ0) is 12.5. The summed E-state index contributed by atoms with van der Waals surface area (Å²) in [6.07, 6.45) is 0. The molecule has 1 aliphatic rings. The molecule has 0 bridgehead atoms. The van der Waals surface area contributed by atoms with Gasteiger partial charge in [0.1, 0.15) is 12.4 Å². The van der Waals surface area contributed by atoms with E-state index in [1.807, 2.05) is 18.2 Å². The van der Waals surface area contributed by atoms with Gasteiger partial charge in [0.25, 0.3) is 0 Å². The van der Waals surface area contributed by atoms with Crippen molar-refractivity contribution in [2.24, 2.45) is 0 Å². The van der Waals surface area contributed by atoms with Crippen LogP contribution in [0.5, 0.6) is 11.5 Å². The number of nitrogens with one attached hydrogen (secondary N) is 1. The molecule has 2 aromatic rings. The Bertz CT molecular complexity index is 570. The molecule has 0 aliphatic carbocycles. The van der Waals surface area contributed by atoms with Gasteiger partial charge in [-0.25, -0.2) is 0 Å². The molecule has 1 aromatic heterocycles. The molecule has 94 valence electrons. The number of nitrogen functional groups attached to an aromatic ring is 1. The number of aromatic nitrogens is 1. The Labute approximate surface area is 109 Å². The molecule has 1 unspecified atom stereocenters. The standard InChI is InChI=1S/C12H13N3O2S/c1-16-10-11(13)15-18-12(10)14-8-6-17-9-5-3-2-4-7(8)9/h2-5,8,14H,6H2,1H3,(H2,13,15). The first-order valence-electron chi connectivity index (χ1n) is 5.57. The molecule has 5 nitrogen and oxygen atoms in total. The van der Waals surface area contributed by atoms with Crippen molar-refractivity contribution in [1.82, 2.24) is 4.37 Å². The van der Waals surface area contributed by atoms with Crippen LogP contribution in [0.4, 0.5) is 10.8 Å². The molecule has 6 heteroatoms. The second-order valence-electron chi connectivity index (χ2n) is 3.98. The summed E-state index contributed by atoms with van der Waals surface area (Å²) in [6.45, 7) is 0.598. The van der Waals surface area contributed by atoms with E-state index in [0.29, 0.717) is 18.2 Å². The number of rotatable bonds is 3. The van der Waals surface area contributed by atoms with Crippen LogP contribution >= 0.6 is 11.5 Å². The predicted molar refractivity (Wildman–Crippen MR) is 71.4 cm³/mol. The number of hydrogen-bond acceptors (Lipinski definition) is 6. The van der Waals surface area contributed by atoms with Crippen LogP contribution in [-0.4, -0.2) is 18.1 Å². The second kappa shape index (κ2) is 4.38. The van der Waals surface area contributed by atoms with Crippen molar-refractivity contribution in [1.29, 1.82) is 0 Å². The van der Waals surface area contributed by atoms with Gasteiger partial charge >= 0.3 is 0 Å². The normalized spacial score (nSPS) is 17.1. The Kier molecular flexibility index (Phi) is 2.71. The third-order valence-corrected chi connectivity index (χ3v) is 3.66. The van der Waals surface area contributed by atoms with Crippen LogP contribution < -0.4 is 20.5 Å². The van der Waals surface area contributed by atoms with Gasteiger partial charge in [-0.2, -0.15) is 4.37 Å². The molecule has 18 heavy (non-hydrogen) atoms. The summed E-state index contributed by atoms with van der Waals surface area (Å²) in [4.78, 5) is 0. The van der Waals surface area contributed by atoms with Crippen LogP contribution in [0.3, 0.4) is 0 Å². The fraction of sp³-hybridized carbons (Fsp3) is 0.250. The first-order valence-corrected chi connectivity index (χ1v) is 6.34. The Hall–Kier alpha value is -1.95. The molecule has 1 aromatic carbocycles. The van der Waals surface area contributed by atoms with E-state index in [2.05, 4.69) is 15.8 Å². The molecular weight excluding hydrogens is 250 g/mol. The van der Waals surface area contributed by atoms with Crippen molar-refractivity contribution in [2.75, 3.05) is 24.8 Å². The maximum atomic E-state index is 5.72. The summed E-state index contributed by atoms with van der Waals surface area (Å²) < 4.78 is 14.9. The van der Waals surface area contributed by atoms with E-state index >= 15 is 0 Å². The lowest BCUT2D eigenvalue weighted by Crippen LogP contribution is -2.11. The molecule has 0 radical (unpaired) electrons. The molecule has 0 saturated heterocycles. The van der Waals surface area contributed by atoms with Crippen molar-refractivity contribution in [2.45, 2.75) is 6.04 Å². The number of hydrogen-bond donors (Lipinski definition) is 2. The topological polar surface area (TPSA) is 69.4 Å². The zero-order valence-electron chi connectivity index (χ0n) is 9.84. The minimum absolute atomic E-state index is 0.106. The van der Waals surface area contributed by atoms with Crippen molar-refractivity contribution in [3.8, 4) is 11.5 Å². The van der Waals surface area contributed by atoms with E-state index < -0.39 is 0 Å². The van der Waals surface area contributed by atoms with E-state index in [9.17, 15) is 0 Å². The maximum Gasteiger partial charge on any atom is 0.197 e. The fourth-order valence-electron chi connectivity index (χ4n) is 2.02. The highest BCUT2D eigenvalue weighted by atomic mass is 32.1. The molecule has 0 saturated carbocycles. The average Bonchev–Trinajstić information content (AvgIpc) is 2.95. The largest absolute Gasteiger partial charge is 0.491 e. The van der Waals surface area contributed by atoms with Crippen molar-refractivity contribution in [3.63, 3.8) is 0 Å². The second-order valence-corrected chi connectivity index (χ2v) is 4.75. The highest BCUT2D eigenvalue weighted by molar-refractivity contribution is 7.11. The number of methoxy groups -OCH3 is 1. The van der Waals surface area contributed by atoms with Gasteiger partial charge in [-0.3, -0.25) is 0 Å². The molecule has 2 heterocycles. The minimum Gasteiger partial charge on any atom is -0.491 e. The Morgan fingerprint density at radius 1 is 1.50 bits per heavy atom. The Morgan fingerprint density at radius 2 is 2.33 bits per heavy atom. The third-order valence-electron chi connectivity index (χ3n) is 2.88. The Balaban J connectivity index is 1.86. The van der Waals surface area contributed by atoms with E-state index in [0.717, 1.165) is 16.3 Å². The maximum absolute atomic E-state index is 5.72. The van der Waals surface area contributed by atoms with Crippen LogP contribution in [0.15, 0.2) is 24.3 Å². The molecule has 1 aliphatic heterocycles. The summed E-state index contributed by atoms with van der Waals surface area (Å²) in [5.74, 6) is 1.94. The lowest BCUT2D eigenvalue weighted by atomic mass is 10.1. The Morgan fingerprint density at radius 3 is 3.17 bits per heavy atom. The number of anilines is 2. The lowest BCUT2D eigenvalue weighted by molar-refractivity contribution is 0.339. The quantitative estimate of drug-likeness (QED) is 0.889. The van der Waals surface area contributed by atoms with E-state index in [1.165, 1.54) is 11.5 Å². The number of nitrogens with two attached hydrogens (primary N) is 1. The van der Waals surface area contributed by atoms with Crippen molar-refractivity contribution in [3.05, 3.63) is 29.8 Å². The monoisotopic (exact) mass is 263 g/mol. The van der Waals surface area contributed by atoms with Gasteiger partial charge in [-0.15, -0.1) is 0 Å². The number of benzene rings is 1. The van der Waals surface area contributed by atoms with E-state index in [-0.39, 0.29) is 6.04 Å². The van der Waals surface area contributed by atoms with Gasteiger partial charge in [0.15, 0.2) is 16.6 Å². The fourth-order valence-corrected chi connectivity index (χ4v) is 2.76. The minimum atomic E-state index is 0.106. The summed E-state index contributed by atoms with van der Waals surface area (Å²) in [5.41, 5.74) is 6.87. The van der Waals surface area contributed by atoms with Crippen molar-refractivity contribution < 1.29 is 9.47 Å². The van der Waals surface area contributed by atoms with Crippen molar-refractivity contribution >= 4 is 22.4 Å². The molecular formula is C12H13N3O2S. The summed E-state index contributed by atoms with van der Waals surface area (Å²) >= 11 is 1.30. The lowest BCUT2D eigenvalue weighted by Gasteiger charge is -2.12. The van der Waals surface area contributed by atoms with Gasteiger partial charge in [-0.05, 0) is 17.6 Å². The highest BCUT2D eigenvalue weighted by Crippen LogP contribution is 2.40. The number of para-hydroxylation sites is 1. The molecule has 0 fully saturated rings. The number of fused-ring (bicyclic) bond motifs is 1. The molecule has 3 N–H and O–H groups in total. The van der Waals surface area contributed by atoms with Gasteiger partial charge < -0.3 is 20.5 Å². The van der Waals surface area contributed by atoms with Crippen LogP contribution in [0.25, 0.3) is 0 Å². The molecule has 1 atom stereocenters. The van der Waals surface area contributed by atoms with E-state index in [1.54, 1.807) is 7.11 Å².